The first-order chi connectivity index (χ1) is 13.1. The smallest absolute Gasteiger partial charge is 0.118 e. The highest BCUT2D eigenvalue weighted by molar-refractivity contribution is 6.30. The van der Waals surface area contributed by atoms with E-state index in [1.165, 1.54) is 5.56 Å². The third kappa shape index (κ3) is 5.45. The average molecular weight is 390 g/mol. The molecule has 0 unspecified atom stereocenters. The molecular weight excluding hydrogens is 362 g/mol. The third-order valence-corrected chi connectivity index (χ3v) is 5.44. The van der Waals surface area contributed by atoms with Crippen LogP contribution in [0.15, 0.2) is 48.5 Å². The van der Waals surface area contributed by atoms with Crippen LogP contribution in [0.1, 0.15) is 43.0 Å². The number of methoxy groups -OCH3 is 1. The molecule has 0 spiro atoms. The van der Waals surface area contributed by atoms with Crippen LogP contribution in [0.25, 0.3) is 0 Å². The molecule has 1 aliphatic rings. The number of ether oxygens (including phenoxy) is 2. The van der Waals surface area contributed by atoms with E-state index < -0.39 is 6.10 Å². The van der Waals surface area contributed by atoms with Crippen molar-refractivity contribution in [2.45, 2.75) is 38.0 Å². The molecule has 0 amide bonds. The Morgan fingerprint density at radius 2 is 1.85 bits per heavy atom. The van der Waals surface area contributed by atoms with Crippen LogP contribution in [0.3, 0.4) is 0 Å². The molecule has 0 aromatic heterocycles. The molecule has 1 heterocycles. The van der Waals surface area contributed by atoms with Crippen molar-refractivity contribution in [2.75, 3.05) is 26.8 Å². The molecular formula is C22H28ClNO3. The van der Waals surface area contributed by atoms with Gasteiger partial charge in [-0.25, -0.2) is 0 Å². The summed E-state index contributed by atoms with van der Waals surface area (Å²) in [7, 11) is 1.68. The Balaban J connectivity index is 1.51. The van der Waals surface area contributed by atoms with Gasteiger partial charge in [0.15, 0.2) is 0 Å². The topological polar surface area (TPSA) is 41.9 Å². The lowest BCUT2D eigenvalue weighted by Crippen LogP contribution is -2.34. The van der Waals surface area contributed by atoms with E-state index in [0.29, 0.717) is 24.2 Å². The number of aliphatic hydroxyl groups excluding tert-OH is 1. The van der Waals surface area contributed by atoms with Gasteiger partial charge in [0, 0.05) is 17.6 Å². The van der Waals surface area contributed by atoms with Gasteiger partial charge in [-0.15, -0.1) is 0 Å². The van der Waals surface area contributed by atoms with Gasteiger partial charge in [-0.3, -0.25) is 4.90 Å². The standard InChI is InChI=1S/C22H28ClNO3/c1-16(17-5-9-19(23)10-6-17)27-15-20(25)14-24-13-3-4-22(24)18-7-11-21(26-2)12-8-18/h5-12,16,20,22,25H,3-4,13-15H2,1-2H3/t16-,20+,22+/m1/s1. The van der Waals surface area contributed by atoms with Crippen LogP contribution in [-0.2, 0) is 4.74 Å². The Labute approximate surface area is 166 Å². The maximum absolute atomic E-state index is 10.5. The number of rotatable bonds is 8. The molecule has 1 aliphatic heterocycles. The van der Waals surface area contributed by atoms with Gasteiger partial charge in [0.25, 0.3) is 0 Å². The average Bonchev–Trinajstić information content (AvgIpc) is 3.14. The van der Waals surface area contributed by atoms with Gasteiger partial charge in [-0.1, -0.05) is 35.9 Å². The SMILES string of the molecule is COc1ccc([C@@H]2CCCN2C[C@H](O)CO[C@H](C)c2ccc(Cl)cc2)cc1. The fraction of sp³-hybridized carbons (Fsp3) is 0.455. The molecule has 0 saturated carbocycles. The Morgan fingerprint density at radius 1 is 1.15 bits per heavy atom. The van der Waals surface area contributed by atoms with Gasteiger partial charge in [0.1, 0.15) is 5.75 Å². The number of hydrogen-bond acceptors (Lipinski definition) is 4. The first-order valence-corrected chi connectivity index (χ1v) is 9.87. The van der Waals surface area contributed by atoms with Crippen LogP contribution in [0.4, 0.5) is 0 Å². The molecule has 3 rings (SSSR count). The lowest BCUT2D eigenvalue weighted by atomic mass is 10.0. The summed E-state index contributed by atoms with van der Waals surface area (Å²) in [5.74, 6) is 0.868. The van der Waals surface area contributed by atoms with Gasteiger partial charge in [-0.2, -0.15) is 0 Å². The van der Waals surface area contributed by atoms with E-state index in [2.05, 4.69) is 17.0 Å². The van der Waals surface area contributed by atoms with Crippen molar-refractivity contribution in [3.05, 3.63) is 64.7 Å². The van der Waals surface area contributed by atoms with E-state index in [4.69, 9.17) is 21.1 Å². The molecule has 0 radical (unpaired) electrons. The Bertz CT molecular complexity index is 705. The molecule has 2 aromatic carbocycles. The maximum Gasteiger partial charge on any atom is 0.118 e. The fourth-order valence-electron chi connectivity index (χ4n) is 3.66. The number of hydrogen-bond donors (Lipinski definition) is 1. The number of likely N-dealkylation sites (tertiary alicyclic amines) is 1. The summed E-state index contributed by atoms with van der Waals surface area (Å²) in [6.07, 6.45) is 1.67. The van der Waals surface area contributed by atoms with E-state index in [9.17, 15) is 5.11 Å². The van der Waals surface area contributed by atoms with E-state index in [-0.39, 0.29) is 6.10 Å². The molecule has 27 heavy (non-hydrogen) atoms. The van der Waals surface area contributed by atoms with Gasteiger partial charge >= 0.3 is 0 Å². The zero-order valence-corrected chi connectivity index (χ0v) is 16.7. The van der Waals surface area contributed by atoms with Crippen molar-refractivity contribution in [2.24, 2.45) is 0 Å². The first-order valence-electron chi connectivity index (χ1n) is 9.50. The van der Waals surface area contributed by atoms with Crippen molar-refractivity contribution < 1.29 is 14.6 Å². The second-order valence-electron chi connectivity index (χ2n) is 7.11. The summed E-state index contributed by atoms with van der Waals surface area (Å²) in [5, 5.41) is 11.2. The van der Waals surface area contributed by atoms with Crippen LogP contribution >= 0.6 is 11.6 Å². The van der Waals surface area contributed by atoms with E-state index in [1.54, 1.807) is 7.11 Å². The number of aliphatic hydroxyl groups is 1. The van der Waals surface area contributed by atoms with Crippen LogP contribution in [0.5, 0.6) is 5.75 Å². The van der Waals surface area contributed by atoms with E-state index in [1.807, 2.05) is 43.3 Å². The van der Waals surface area contributed by atoms with Gasteiger partial charge in [0.2, 0.25) is 0 Å². The molecule has 0 bridgehead atoms. The molecule has 146 valence electrons. The quantitative estimate of drug-likeness (QED) is 0.715. The summed E-state index contributed by atoms with van der Waals surface area (Å²) in [6.45, 7) is 3.92. The number of benzene rings is 2. The van der Waals surface area contributed by atoms with Crippen LogP contribution < -0.4 is 4.74 Å². The minimum atomic E-state index is -0.515. The molecule has 4 nitrogen and oxygen atoms in total. The second-order valence-corrected chi connectivity index (χ2v) is 7.54. The maximum atomic E-state index is 10.5. The summed E-state index contributed by atoms with van der Waals surface area (Å²) in [5.41, 5.74) is 2.33. The van der Waals surface area contributed by atoms with Crippen LogP contribution in [0.2, 0.25) is 5.02 Å². The highest BCUT2D eigenvalue weighted by Crippen LogP contribution is 2.32. The van der Waals surface area contributed by atoms with Crippen molar-refractivity contribution in [1.29, 1.82) is 0 Å². The third-order valence-electron chi connectivity index (χ3n) is 5.19. The highest BCUT2D eigenvalue weighted by atomic mass is 35.5. The Kier molecular flexibility index (Phi) is 7.13. The van der Waals surface area contributed by atoms with E-state index in [0.717, 1.165) is 30.7 Å². The molecule has 3 atom stereocenters. The molecule has 1 fully saturated rings. The summed E-state index contributed by atoms with van der Waals surface area (Å²) >= 11 is 5.93. The number of halogens is 1. The van der Waals surface area contributed by atoms with Crippen LogP contribution in [-0.4, -0.2) is 42.9 Å². The Hall–Kier alpha value is -1.59. The van der Waals surface area contributed by atoms with Crippen molar-refractivity contribution in [3.63, 3.8) is 0 Å². The lowest BCUT2D eigenvalue weighted by Gasteiger charge is -2.27. The first kappa shape index (κ1) is 20.2. The van der Waals surface area contributed by atoms with Crippen molar-refractivity contribution in [1.82, 2.24) is 4.90 Å². The molecule has 1 N–H and O–H groups in total. The predicted molar refractivity (Wildman–Crippen MR) is 108 cm³/mol. The molecule has 0 aliphatic carbocycles. The van der Waals surface area contributed by atoms with Gasteiger partial charge < -0.3 is 14.6 Å². The predicted octanol–water partition coefficient (Wildman–Crippen LogP) is 4.62. The lowest BCUT2D eigenvalue weighted by molar-refractivity contribution is -0.0172. The second kappa shape index (κ2) is 9.56. The fourth-order valence-corrected chi connectivity index (χ4v) is 3.78. The molecule has 2 aromatic rings. The Morgan fingerprint density at radius 3 is 2.52 bits per heavy atom. The normalized spacial score (nSPS) is 19.8. The number of nitrogens with zero attached hydrogens (tertiary/aromatic N) is 1. The van der Waals surface area contributed by atoms with E-state index >= 15 is 0 Å². The zero-order chi connectivity index (χ0) is 19.2. The van der Waals surface area contributed by atoms with Crippen molar-refractivity contribution in [3.8, 4) is 5.75 Å². The number of β-amino-alcohol motifs (C(OH)–C–C–N with tert-alkyl or cyclic N) is 1. The highest BCUT2D eigenvalue weighted by Gasteiger charge is 2.27. The zero-order valence-electron chi connectivity index (χ0n) is 16.0. The van der Waals surface area contributed by atoms with Crippen LogP contribution in [0, 0.1) is 0 Å². The summed E-state index contributed by atoms with van der Waals surface area (Å²) in [4.78, 5) is 2.35. The summed E-state index contributed by atoms with van der Waals surface area (Å²) in [6, 6.07) is 16.2. The monoisotopic (exact) mass is 389 g/mol. The largest absolute Gasteiger partial charge is 0.497 e. The van der Waals surface area contributed by atoms with Crippen molar-refractivity contribution >= 4 is 11.6 Å². The minimum Gasteiger partial charge on any atom is -0.497 e. The van der Waals surface area contributed by atoms with Gasteiger partial charge in [-0.05, 0) is 61.7 Å². The van der Waals surface area contributed by atoms with Gasteiger partial charge in [0.05, 0.1) is 25.9 Å². The molecule has 1 saturated heterocycles. The minimum absolute atomic E-state index is 0.0760. The molecule has 5 heteroatoms. The summed E-state index contributed by atoms with van der Waals surface area (Å²) < 4.78 is 11.1.